The highest BCUT2D eigenvalue weighted by molar-refractivity contribution is 5.91. The van der Waals surface area contributed by atoms with Crippen LogP contribution in [0.3, 0.4) is 0 Å². The van der Waals surface area contributed by atoms with Crippen molar-refractivity contribution in [2.75, 3.05) is 18.2 Å². The van der Waals surface area contributed by atoms with Gasteiger partial charge in [0.1, 0.15) is 5.75 Å². The molecule has 3 N–H and O–H groups in total. The lowest BCUT2D eigenvalue weighted by atomic mass is 10.1. The van der Waals surface area contributed by atoms with Crippen molar-refractivity contribution in [3.05, 3.63) is 58.1 Å². The predicted molar refractivity (Wildman–Crippen MR) is 87.5 cm³/mol. The summed E-state index contributed by atoms with van der Waals surface area (Å²) in [5.74, 6) is 0.370. The highest BCUT2D eigenvalue weighted by Crippen LogP contribution is 2.23. The second-order valence-corrected chi connectivity index (χ2v) is 4.93. The number of anilines is 2. The van der Waals surface area contributed by atoms with Crippen LogP contribution >= 0.6 is 0 Å². The molecule has 0 aliphatic heterocycles. The summed E-state index contributed by atoms with van der Waals surface area (Å²) in [5.41, 5.74) is 7.59. The Morgan fingerprint density at radius 1 is 1.30 bits per heavy atom. The fourth-order valence-electron chi connectivity index (χ4n) is 2.12. The normalized spacial score (nSPS) is 10.1. The van der Waals surface area contributed by atoms with Gasteiger partial charge in [0.25, 0.3) is 5.69 Å². The van der Waals surface area contributed by atoms with Crippen molar-refractivity contribution in [3.63, 3.8) is 0 Å². The molecule has 0 spiro atoms. The number of carbonyl (C=O) groups is 1. The fourth-order valence-corrected chi connectivity index (χ4v) is 2.12. The average Bonchev–Trinajstić information content (AvgIpc) is 2.53. The Hall–Kier alpha value is -3.09. The number of nitrogens with zero attached hydrogens (tertiary/aromatic N) is 1. The number of nitro groups is 1. The molecule has 2 aromatic rings. The number of ether oxygens (including phenoxy) is 1. The van der Waals surface area contributed by atoms with Gasteiger partial charge in [-0.05, 0) is 30.2 Å². The SMILES string of the molecule is COc1ccc(CCC(=O)Nc2cccc([N+](=O)[O-])c2)cc1N. The highest BCUT2D eigenvalue weighted by atomic mass is 16.6. The second-order valence-electron chi connectivity index (χ2n) is 4.93. The van der Waals surface area contributed by atoms with E-state index in [1.54, 1.807) is 18.2 Å². The van der Waals surface area contributed by atoms with Crippen LogP contribution in [0.15, 0.2) is 42.5 Å². The van der Waals surface area contributed by atoms with Crippen molar-refractivity contribution in [1.29, 1.82) is 0 Å². The number of nitrogen functional groups attached to an aromatic ring is 1. The lowest BCUT2D eigenvalue weighted by Gasteiger charge is -2.08. The molecule has 2 rings (SSSR count). The second kappa shape index (κ2) is 7.26. The van der Waals surface area contributed by atoms with E-state index < -0.39 is 4.92 Å². The zero-order chi connectivity index (χ0) is 16.8. The van der Waals surface area contributed by atoms with E-state index in [0.29, 0.717) is 23.5 Å². The highest BCUT2D eigenvalue weighted by Gasteiger charge is 2.09. The molecular weight excluding hydrogens is 298 g/mol. The van der Waals surface area contributed by atoms with E-state index >= 15 is 0 Å². The molecule has 1 amide bonds. The minimum Gasteiger partial charge on any atom is -0.495 e. The summed E-state index contributed by atoms with van der Waals surface area (Å²) in [6, 6.07) is 11.2. The van der Waals surface area contributed by atoms with Gasteiger partial charge in [-0.15, -0.1) is 0 Å². The standard InChI is InChI=1S/C16H17N3O4/c1-23-15-7-5-11(9-14(15)17)6-8-16(20)18-12-3-2-4-13(10-12)19(21)22/h2-5,7,9-10H,6,8,17H2,1H3,(H,18,20). The van der Waals surface area contributed by atoms with Crippen molar-refractivity contribution in [2.24, 2.45) is 0 Å². The number of nitrogens with two attached hydrogens (primary N) is 1. The van der Waals surface area contributed by atoms with Crippen LogP contribution in [0.4, 0.5) is 17.1 Å². The molecule has 0 saturated heterocycles. The Balaban J connectivity index is 1.94. The average molecular weight is 315 g/mol. The van der Waals surface area contributed by atoms with Gasteiger partial charge in [0.05, 0.1) is 17.7 Å². The van der Waals surface area contributed by atoms with Crippen molar-refractivity contribution < 1.29 is 14.5 Å². The van der Waals surface area contributed by atoms with Crippen LogP contribution in [-0.2, 0) is 11.2 Å². The Morgan fingerprint density at radius 2 is 2.09 bits per heavy atom. The lowest BCUT2D eigenvalue weighted by Crippen LogP contribution is -2.12. The van der Waals surface area contributed by atoms with Crippen LogP contribution in [-0.4, -0.2) is 17.9 Å². The molecule has 0 heterocycles. The van der Waals surface area contributed by atoms with Crippen molar-refractivity contribution in [3.8, 4) is 5.75 Å². The molecule has 120 valence electrons. The topological polar surface area (TPSA) is 107 Å². The molecule has 2 aromatic carbocycles. The molecule has 0 aromatic heterocycles. The summed E-state index contributed by atoms with van der Waals surface area (Å²) in [6.07, 6.45) is 0.753. The number of hydrogen-bond acceptors (Lipinski definition) is 5. The zero-order valence-electron chi connectivity index (χ0n) is 12.6. The summed E-state index contributed by atoms with van der Waals surface area (Å²) >= 11 is 0. The molecular formula is C16H17N3O4. The zero-order valence-corrected chi connectivity index (χ0v) is 12.6. The van der Waals surface area contributed by atoms with E-state index in [9.17, 15) is 14.9 Å². The van der Waals surface area contributed by atoms with Crippen LogP contribution in [0.5, 0.6) is 5.75 Å². The quantitative estimate of drug-likeness (QED) is 0.484. The maximum absolute atomic E-state index is 11.9. The molecule has 23 heavy (non-hydrogen) atoms. The summed E-state index contributed by atoms with van der Waals surface area (Å²) in [6.45, 7) is 0. The van der Waals surface area contributed by atoms with Crippen molar-refractivity contribution >= 4 is 23.0 Å². The van der Waals surface area contributed by atoms with Gasteiger partial charge in [-0.1, -0.05) is 12.1 Å². The Labute approximate surface area is 133 Å². The third-order valence-electron chi connectivity index (χ3n) is 3.28. The monoisotopic (exact) mass is 315 g/mol. The molecule has 0 radical (unpaired) electrons. The van der Waals surface area contributed by atoms with Gasteiger partial charge in [-0.25, -0.2) is 0 Å². The lowest BCUT2D eigenvalue weighted by molar-refractivity contribution is -0.384. The van der Waals surface area contributed by atoms with E-state index in [1.807, 2.05) is 6.07 Å². The van der Waals surface area contributed by atoms with Crippen LogP contribution in [0.25, 0.3) is 0 Å². The molecule has 0 saturated carbocycles. The van der Waals surface area contributed by atoms with Gasteiger partial charge in [0, 0.05) is 24.2 Å². The maximum atomic E-state index is 11.9. The van der Waals surface area contributed by atoms with E-state index in [1.165, 1.54) is 25.3 Å². The van der Waals surface area contributed by atoms with Crippen molar-refractivity contribution in [2.45, 2.75) is 12.8 Å². The fraction of sp³-hybridized carbons (Fsp3) is 0.188. The number of hydrogen-bond donors (Lipinski definition) is 2. The van der Waals surface area contributed by atoms with Crippen LogP contribution in [0.1, 0.15) is 12.0 Å². The van der Waals surface area contributed by atoms with E-state index in [2.05, 4.69) is 5.32 Å². The molecule has 0 bridgehead atoms. The maximum Gasteiger partial charge on any atom is 0.271 e. The number of amides is 1. The molecule has 0 aliphatic carbocycles. The Bertz CT molecular complexity index is 731. The molecule has 7 nitrogen and oxygen atoms in total. The number of rotatable bonds is 6. The smallest absolute Gasteiger partial charge is 0.271 e. The van der Waals surface area contributed by atoms with Gasteiger partial charge in [0.15, 0.2) is 0 Å². The third kappa shape index (κ3) is 4.44. The molecule has 7 heteroatoms. The van der Waals surface area contributed by atoms with Gasteiger partial charge >= 0.3 is 0 Å². The number of methoxy groups -OCH3 is 1. The summed E-state index contributed by atoms with van der Waals surface area (Å²) in [4.78, 5) is 22.1. The van der Waals surface area contributed by atoms with Gasteiger partial charge in [-0.3, -0.25) is 14.9 Å². The van der Waals surface area contributed by atoms with Crippen LogP contribution < -0.4 is 15.8 Å². The third-order valence-corrected chi connectivity index (χ3v) is 3.28. The largest absolute Gasteiger partial charge is 0.495 e. The first-order valence-electron chi connectivity index (χ1n) is 6.96. The number of carbonyl (C=O) groups excluding carboxylic acids is 1. The van der Waals surface area contributed by atoms with Gasteiger partial charge in [-0.2, -0.15) is 0 Å². The summed E-state index contributed by atoms with van der Waals surface area (Å²) < 4.78 is 5.08. The van der Waals surface area contributed by atoms with E-state index in [-0.39, 0.29) is 18.0 Å². The van der Waals surface area contributed by atoms with E-state index in [0.717, 1.165) is 5.56 Å². The number of nitrogens with one attached hydrogen (secondary N) is 1. The summed E-state index contributed by atoms with van der Waals surface area (Å²) in [7, 11) is 1.54. The molecule has 0 aliphatic rings. The minimum atomic E-state index is -0.504. The first-order chi connectivity index (χ1) is 11.0. The first kappa shape index (κ1) is 16.3. The van der Waals surface area contributed by atoms with Crippen LogP contribution in [0.2, 0.25) is 0 Å². The number of nitro benzene ring substituents is 1. The minimum absolute atomic E-state index is 0.0641. The number of benzene rings is 2. The van der Waals surface area contributed by atoms with Gasteiger partial charge in [0.2, 0.25) is 5.91 Å². The van der Waals surface area contributed by atoms with Gasteiger partial charge < -0.3 is 15.8 Å². The predicted octanol–water partition coefficient (Wildman–Crippen LogP) is 2.76. The molecule has 0 unspecified atom stereocenters. The number of aryl methyl sites for hydroxylation is 1. The Morgan fingerprint density at radius 3 is 2.74 bits per heavy atom. The van der Waals surface area contributed by atoms with E-state index in [4.69, 9.17) is 10.5 Å². The van der Waals surface area contributed by atoms with Crippen molar-refractivity contribution in [1.82, 2.24) is 0 Å². The molecule has 0 fully saturated rings. The number of non-ortho nitro benzene ring substituents is 1. The first-order valence-corrected chi connectivity index (χ1v) is 6.96. The molecule has 0 atom stereocenters. The summed E-state index contributed by atoms with van der Waals surface area (Å²) in [5, 5.41) is 13.3. The van der Waals surface area contributed by atoms with Crippen LogP contribution in [0, 0.1) is 10.1 Å². The Kier molecular flexibility index (Phi) is 5.14.